The first-order chi connectivity index (χ1) is 9.97. The van der Waals surface area contributed by atoms with Gasteiger partial charge in [-0.05, 0) is 12.1 Å². The molecule has 21 heavy (non-hydrogen) atoms. The van der Waals surface area contributed by atoms with Gasteiger partial charge in [0.1, 0.15) is 12.6 Å². The number of carbonyl (C=O) groups excluding carboxylic acids is 1. The van der Waals surface area contributed by atoms with Crippen LogP contribution >= 0.6 is 0 Å². The zero-order chi connectivity index (χ0) is 15.4. The van der Waals surface area contributed by atoms with Gasteiger partial charge in [0.2, 0.25) is 6.10 Å². The molecule has 0 radical (unpaired) electrons. The molecule has 0 aromatic heterocycles. The number of aliphatic carboxylic acids is 2. The van der Waals surface area contributed by atoms with Crippen molar-refractivity contribution in [2.45, 2.75) is 18.6 Å². The highest BCUT2D eigenvalue weighted by Crippen LogP contribution is 2.30. The molecule has 0 saturated carbocycles. The summed E-state index contributed by atoms with van der Waals surface area (Å²) in [5.41, 5.74) is 0. The van der Waals surface area contributed by atoms with E-state index >= 15 is 0 Å². The zero-order valence-electron chi connectivity index (χ0n) is 10.8. The topological polar surface area (TPSA) is 122 Å². The number of amides is 1. The normalized spacial score (nSPS) is 17.6. The number of hydrogen-bond donors (Lipinski definition) is 3. The molecule has 1 aliphatic heterocycles. The summed E-state index contributed by atoms with van der Waals surface area (Å²) in [6.45, 7) is -0.0811. The maximum atomic E-state index is 11.9. The molecule has 2 unspecified atom stereocenters. The number of carbonyl (C=O) groups is 3. The summed E-state index contributed by atoms with van der Waals surface area (Å²) in [5.74, 6) is -2.63. The molecule has 112 valence electrons. The van der Waals surface area contributed by atoms with Crippen LogP contribution in [0.4, 0.5) is 0 Å². The number of carboxylic acid groups (broad SMARTS) is 2. The summed E-state index contributed by atoms with van der Waals surface area (Å²) in [4.78, 5) is 33.4. The molecule has 8 nitrogen and oxygen atoms in total. The monoisotopic (exact) mass is 295 g/mol. The summed E-state index contributed by atoms with van der Waals surface area (Å²) in [6.07, 6.45) is -1.75. The van der Waals surface area contributed by atoms with Crippen LogP contribution in [0.25, 0.3) is 0 Å². The van der Waals surface area contributed by atoms with Crippen molar-refractivity contribution in [2.24, 2.45) is 0 Å². The number of benzene rings is 1. The summed E-state index contributed by atoms with van der Waals surface area (Å²) < 4.78 is 10.7. The molecule has 8 heteroatoms. The van der Waals surface area contributed by atoms with Crippen LogP contribution in [0.2, 0.25) is 0 Å². The Morgan fingerprint density at radius 1 is 1.24 bits per heavy atom. The third-order valence-electron chi connectivity index (χ3n) is 2.79. The summed E-state index contributed by atoms with van der Waals surface area (Å²) in [5, 5.41) is 19.6. The first kappa shape index (κ1) is 14.6. The van der Waals surface area contributed by atoms with Gasteiger partial charge in [0.25, 0.3) is 5.91 Å². The first-order valence-electron chi connectivity index (χ1n) is 6.11. The van der Waals surface area contributed by atoms with Gasteiger partial charge in [0.05, 0.1) is 6.42 Å². The Bertz CT molecular complexity index is 571. The van der Waals surface area contributed by atoms with Gasteiger partial charge in [0, 0.05) is 0 Å². The van der Waals surface area contributed by atoms with Crippen LogP contribution in [0, 0.1) is 0 Å². The molecule has 1 aromatic rings. The Balaban J connectivity index is 2.01. The van der Waals surface area contributed by atoms with Crippen LogP contribution in [0.1, 0.15) is 6.42 Å². The van der Waals surface area contributed by atoms with Gasteiger partial charge >= 0.3 is 11.9 Å². The zero-order valence-corrected chi connectivity index (χ0v) is 10.8. The molecule has 0 bridgehead atoms. The van der Waals surface area contributed by atoms with Crippen molar-refractivity contribution in [3.05, 3.63) is 24.3 Å². The van der Waals surface area contributed by atoms with Gasteiger partial charge in [-0.1, -0.05) is 12.1 Å². The second-order valence-corrected chi connectivity index (χ2v) is 4.36. The average Bonchev–Trinajstić information content (AvgIpc) is 2.45. The van der Waals surface area contributed by atoms with E-state index in [1.54, 1.807) is 24.3 Å². The number of para-hydroxylation sites is 2. The number of rotatable bonds is 5. The van der Waals surface area contributed by atoms with E-state index < -0.39 is 36.4 Å². The van der Waals surface area contributed by atoms with Crippen molar-refractivity contribution in [1.29, 1.82) is 0 Å². The first-order valence-corrected chi connectivity index (χ1v) is 6.11. The fourth-order valence-corrected chi connectivity index (χ4v) is 1.79. The Labute approximate surface area is 119 Å². The van der Waals surface area contributed by atoms with Gasteiger partial charge < -0.3 is 25.0 Å². The Morgan fingerprint density at radius 2 is 1.90 bits per heavy atom. The smallest absolute Gasteiger partial charge is 0.326 e. The summed E-state index contributed by atoms with van der Waals surface area (Å²) in [6, 6.07) is 5.22. The van der Waals surface area contributed by atoms with Gasteiger partial charge in [-0.15, -0.1) is 0 Å². The molecule has 1 aromatic carbocycles. The van der Waals surface area contributed by atoms with Crippen LogP contribution in [-0.4, -0.2) is 46.8 Å². The summed E-state index contributed by atoms with van der Waals surface area (Å²) in [7, 11) is 0. The molecule has 0 saturated heterocycles. The fraction of sp³-hybridized carbons (Fsp3) is 0.308. The van der Waals surface area contributed by atoms with Crippen molar-refractivity contribution in [3.8, 4) is 11.5 Å². The van der Waals surface area contributed by atoms with Crippen molar-refractivity contribution in [1.82, 2.24) is 5.32 Å². The molecular weight excluding hydrogens is 282 g/mol. The van der Waals surface area contributed by atoms with Crippen LogP contribution in [-0.2, 0) is 14.4 Å². The largest absolute Gasteiger partial charge is 0.485 e. The fourth-order valence-electron chi connectivity index (χ4n) is 1.79. The standard InChI is InChI=1S/C13H13NO7/c15-11(16)5-7(13(18)19)14-12(17)10-6-20-8-3-1-2-4-9(8)21-10/h1-4,7,10H,5-6H2,(H,14,17)(H,15,16)(H,18,19). The van der Waals surface area contributed by atoms with Gasteiger partial charge in [0.15, 0.2) is 11.5 Å². The van der Waals surface area contributed by atoms with Crippen LogP contribution in [0.15, 0.2) is 24.3 Å². The molecule has 0 aliphatic carbocycles. The number of fused-ring (bicyclic) bond motifs is 1. The van der Waals surface area contributed by atoms with Gasteiger partial charge in [-0.3, -0.25) is 9.59 Å². The van der Waals surface area contributed by atoms with E-state index in [-0.39, 0.29) is 6.61 Å². The SMILES string of the molecule is O=C(O)CC(NC(=O)C1COc2ccccc2O1)C(=O)O. The minimum Gasteiger partial charge on any atom is -0.485 e. The number of ether oxygens (including phenoxy) is 2. The highest BCUT2D eigenvalue weighted by molar-refractivity contribution is 5.89. The second kappa shape index (κ2) is 6.12. The van der Waals surface area contributed by atoms with E-state index in [1.807, 2.05) is 0 Å². The van der Waals surface area contributed by atoms with Gasteiger partial charge in [-0.25, -0.2) is 4.79 Å². The molecule has 0 fully saturated rings. The van der Waals surface area contributed by atoms with Crippen molar-refractivity contribution < 1.29 is 34.1 Å². The maximum Gasteiger partial charge on any atom is 0.326 e. The van der Waals surface area contributed by atoms with Crippen molar-refractivity contribution in [3.63, 3.8) is 0 Å². The quantitative estimate of drug-likeness (QED) is 0.691. The van der Waals surface area contributed by atoms with Gasteiger partial charge in [-0.2, -0.15) is 0 Å². The maximum absolute atomic E-state index is 11.9. The molecule has 1 heterocycles. The molecule has 2 atom stereocenters. The predicted molar refractivity (Wildman–Crippen MR) is 68.2 cm³/mol. The number of carboxylic acids is 2. The Kier molecular flexibility index (Phi) is 4.27. The van der Waals surface area contributed by atoms with Crippen molar-refractivity contribution >= 4 is 17.8 Å². The van der Waals surface area contributed by atoms with E-state index in [9.17, 15) is 14.4 Å². The number of nitrogens with one attached hydrogen (secondary N) is 1. The lowest BCUT2D eigenvalue weighted by molar-refractivity contribution is -0.148. The summed E-state index contributed by atoms with van der Waals surface area (Å²) >= 11 is 0. The molecular formula is C13H13NO7. The molecule has 1 aliphatic rings. The Morgan fingerprint density at radius 3 is 2.52 bits per heavy atom. The van der Waals surface area contributed by atoms with E-state index in [0.717, 1.165) is 0 Å². The second-order valence-electron chi connectivity index (χ2n) is 4.36. The minimum absolute atomic E-state index is 0.0811. The predicted octanol–water partition coefficient (Wildman–Crippen LogP) is -0.129. The van der Waals surface area contributed by atoms with Crippen LogP contribution < -0.4 is 14.8 Å². The lowest BCUT2D eigenvalue weighted by atomic mass is 10.2. The molecule has 1 amide bonds. The lowest BCUT2D eigenvalue weighted by Crippen LogP contribution is -2.50. The van der Waals surface area contributed by atoms with Crippen LogP contribution in [0.3, 0.4) is 0 Å². The molecule has 0 spiro atoms. The minimum atomic E-state index is -1.52. The van der Waals surface area contributed by atoms with E-state index in [1.165, 1.54) is 0 Å². The third-order valence-corrected chi connectivity index (χ3v) is 2.79. The van der Waals surface area contributed by atoms with E-state index in [0.29, 0.717) is 11.5 Å². The van der Waals surface area contributed by atoms with Crippen molar-refractivity contribution in [2.75, 3.05) is 6.61 Å². The average molecular weight is 295 g/mol. The van der Waals surface area contributed by atoms with E-state index in [4.69, 9.17) is 19.7 Å². The van der Waals surface area contributed by atoms with E-state index in [2.05, 4.69) is 5.32 Å². The highest BCUT2D eigenvalue weighted by Gasteiger charge is 2.31. The highest BCUT2D eigenvalue weighted by atomic mass is 16.6. The molecule has 2 rings (SSSR count). The molecule has 3 N–H and O–H groups in total. The Hall–Kier alpha value is -2.77. The lowest BCUT2D eigenvalue weighted by Gasteiger charge is -2.26. The number of hydrogen-bond acceptors (Lipinski definition) is 5. The third kappa shape index (κ3) is 3.62. The van der Waals surface area contributed by atoms with Crippen LogP contribution in [0.5, 0.6) is 11.5 Å².